The lowest BCUT2D eigenvalue weighted by Crippen LogP contribution is -2.11. The van der Waals surface area contributed by atoms with Gasteiger partial charge in [-0.2, -0.15) is 5.10 Å². The van der Waals surface area contributed by atoms with Crippen LogP contribution in [-0.2, 0) is 17.8 Å². The number of aromatic nitrogens is 2. The average Bonchev–Trinajstić information content (AvgIpc) is 3.01. The SMILES string of the molecule is CCn1nc(C)c(Cl)c1CC(=O)C1CC1. The molecule has 0 radical (unpaired) electrons. The molecule has 0 N–H and O–H groups in total. The molecule has 1 aromatic heterocycles. The maximum atomic E-state index is 11.7. The van der Waals surface area contributed by atoms with E-state index in [1.165, 1.54) is 0 Å². The number of Topliss-reactive ketones (excluding diaryl/α,β-unsaturated/α-hetero) is 1. The molecule has 0 atom stereocenters. The molecule has 4 heteroatoms. The highest BCUT2D eigenvalue weighted by Crippen LogP contribution is 2.32. The molecule has 0 aromatic carbocycles. The van der Waals surface area contributed by atoms with Crippen molar-refractivity contribution in [2.45, 2.75) is 39.7 Å². The minimum absolute atomic E-state index is 0.293. The Morgan fingerprint density at radius 2 is 2.27 bits per heavy atom. The van der Waals surface area contributed by atoms with E-state index >= 15 is 0 Å². The first kappa shape index (κ1) is 10.7. The van der Waals surface area contributed by atoms with Gasteiger partial charge in [-0.25, -0.2) is 0 Å². The summed E-state index contributed by atoms with van der Waals surface area (Å²) in [5.74, 6) is 0.605. The molecule has 3 nitrogen and oxygen atoms in total. The molecular weight excluding hydrogens is 212 g/mol. The maximum absolute atomic E-state index is 11.7. The molecule has 0 amide bonds. The zero-order valence-corrected chi connectivity index (χ0v) is 9.84. The summed E-state index contributed by atoms with van der Waals surface area (Å²) in [5.41, 5.74) is 1.70. The van der Waals surface area contributed by atoms with Crippen LogP contribution in [0.5, 0.6) is 0 Å². The van der Waals surface area contributed by atoms with Crippen molar-refractivity contribution in [2.75, 3.05) is 0 Å². The van der Waals surface area contributed by atoms with Crippen molar-refractivity contribution in [2.24, 2.45) is 5.92 Å². The zero-order valence-electron chi connectivity index (χ0n) is 9.09. The Balaban J connectivity index is 2.21. The minimum atomic E-state index is 0.293. The normalized spacial score (nSPS) is 15.7. The summed E-state index contributed by atoms with van der Waals surface area (Å²) in [4.78, 5) is 11.7. The number of aryl methyl sites for hydroxylation is 2. The van der Waals surface area contributed by atoms with Crippen molar-refractivity contribution in [1.29, 1.82) is 0 Å². The Bertz CT molecular complexity index is 394. The second-order valence-corrected chi connectivity index (χ2v) is 4.46. The lowest BCUT2D eigenvalue weighted by molar-refractivity contribution is -0.119. The Hall–Kier alpha value is -0.830. The molecule has 1 heterocycles. The van der Waals surface area contributed by atoms with E-state index in [-0.39, 0.29) is 0 Å². The van der Waals surface area contributed by atoms with Crippen LogP contribution in [0.15, 0.2) is 0 Å². The van der Waals surface area contributed by atoms with Gasteiger partial charge in [0, 0.05) is 12.5 Å². The van der Waals surface area contributed by atoms with Gasteiger partial charge in [-0.05, 0) is 26.7 Å². The summed E-state index contributed by atoms with van der Waals surface area (Å²) in [6, 6.07) is 0. The van der Waals surface area contributed by atoms with Crippen molar-refractivity contribution >= 4 is 17.4 Å². The summed E-state index contributed by atoms with van der Waals surface area (Å²) in [5, 5.41) is 4.95. The Kier molecular flexibility index (Phi) is 2.83. The summed E-state index contributed by atoms with van der Waals surface area (Å²) in [7, 11) is 0. The monoisotopic (exact) mass is 226 g/mol. The van der Waals surface area contributed by atoms with Crippen LogP contribution in [0.2, 0.25) is 5.02 Å². The number of ketones is 1. The Morgan fingerprint density at radius 1 is 1.60 bits per heavy atom. The molecule has 1 aromatic rings. The van der Waals surface area contributed by atoms with Crippen LogP contribution >= 0.6 is 11.6 Å². The summed E-state index contributed by atoms with van der Waals surface area (Å²) in [6.45, 7) is 4.65. The van der Waals surface area contributed by atoms with Crippen LogP contribution in [0.1, 0.15) is 31.2 Å². The van der Waals surface area contributed by atoms with Gasteiger partial charge in [-0.3, -0.25) is 9.48 Å². The Labute approximate surface area is 94.4 Å². The summed E-state index contributed by atoms with van der Waals surface area (Å²) >= 11 is 6.13. The van der Waals surface area contributed by atoms with E-state index in [0.717, 1.165) is 30.8 Å². The fourth-order valence-corrected chi connectivity index (χ4v) is 1.95. The molecular formula is C11H15ClN2O. The van der Waals surface area contributed by atoms with Crippen LogP contribution in [0, 0.1) is 12.8 Å². The van der Waals surface area contributed by atoms with Crippen LogP contribution in [0.4, 0.5) is 0 Å². The second-order valence-electron chi connectivity index (χ2n) is 4.08. The van der Waals surface area contributed by atoms with Crippen molar-refractivity contribution < 1.29 is 4.79 Å². The highest BCUT2D eigenvalue weighted by molar-refractivity contribution is 6.32. The van der Waals surface area contributed by atoms with Gasteiger partial charge in [0.15, 0.2) is 0 Å². The maximum Gasteiger partial charge on any atom is 0.141 e. The van der Waals surface area contributed by atoms with Crippen LogP contribution in [0.3, 0.4) is 0 Å². The third-order valence-corrected chi connectivity index (χ3v) is 3.32. The molecule has 0 aliphatic heterocycles. The van der Waals surface area contributed by atoms with E-state index in [1.807, 2.05) is 18.5 Å². The van der Waals surface area contributed by atoms with Crippen molar-refractivity contribution in [3.05, 3.63) is 16.4 Å². The lowest BCUT2D eigenvalue weighted by Gasteiger charge is -2.03. The largest absolute Gasteiger partial charge is 0.299 e. The van der Waals surface area contributed by atoms with Crippen molar-refractivity contribution in [3.8, 4) is 0 Å². The molecule has 1 aliphatic carbocycles. The number of carbonyl (C=O) groups excluding carboxylic acids is 1. The van der Waals surface area contributed by atoms with Crippen LogP contribution in [-0.4, -0.2) is 15.6 Å². The van der Waals surface area contributed by atoms with Gasteiger partial charge in [-0.1, -0.05) is 11.6 Å². The molecule has 0 unspecified atom stereocenters. The Morgan fingerprint density at radius 3 is 2.80 bits per heavy atom. The van der Waals surface area contributed by atoms with Gasteiger partial charge < -0.3 is 0 Å². The molecule has 2 rings (SSSR count). The van der Waals surface area contributed by atoms with Gasteiger partial charge >= 0.3 is 0 Å². The van der Waals surface area contributed by atoms with E-state index in [4.69, 9.17) is 11.6 Å². The summed E-state index contributed by atoms with van der Waals surface area (Å²) < 4.78 is 1.83. The quantitative estimate of drug-likeness (QED) is 0.790. The molecule has 1 aliphatic rings. The topological polar surface area (TPSA) is 34.9 Å². The highest BCUT2D eigenvalue weighted by atomic mass is 35.5. The zero-order chi connectivity index (χ0) is 11.0. The predicted octanol–water partition coefficient (Wildman–Crippen LogP) is 2.39. The van der Waals surface area contributed by atoms with E-state index in [9.17, 15) is 4.79 Å². The second kappa shape index (κ2) is 3.97. The number of hydrogen-bond donors (Lipinski definition) is 0. The number of hydrogen-bond acceptors (Lipinski definition) is 2. The molecule has 0 bridgehead atoms. The number of nitrogens with zero attached hydrogens (tertiary/aromatic N) is 2. The van der Waals surface area contributed by atoms with Crippen LogP contribution < -0.4 is 0 Å². The number of halogens is 1. The summed E-state index contributed by atoms with van der Waals surface area (Å²) in [6.07, 6.45) is 2.55. The third kappa shape index (κ3) is 2.07. The fourth-order valence-electron chi connectivity index (χ4n) is 1.75. The van der Waals surface area contributed by atoms with E-state index in [2.05, 4.69) is 5.10 Å². The fraction of sp³-hybridized carbons (Fsp3) is 0.636. The highest BCUT2D eigenvalue weighted by Gasteiger charge is 2.30. The molecule has 82 valence electrons. The molecule has 1 saturated carbocycles. The first-order valence-electron chi connectivity index (χ1n) is 5.38. The van der Waals surface area contributed by atoms with E-state index in [0.29, 0.717) is 23.1 Å². The standard InChI is InChI=1S/C11H15ClN2O/c1-3-14-9(11(12)7(2)13-14)6-10(15)8-4-5-8/h8H,3-6H2,1-2H3. The van der Waals surface area contributed by atoms with E-state index in [1.54, 1.807) is 0 Å². The van der Waals surface area contributed by atoms with Crippen molar-refractivity contribution in [1.82, 2.24) is 9.78 Å². The smallest absolute Gasteiger partial charge is 0.141 e. The lowest BCUT2D eigenvalue weighted by atomic mass is 10.1. The van der Waals surface area contributed by atoms with Crippen molar-refractivity contribution in [3.63, 3.8) is 0 Å². The van der Waals surface area contributed by atoms with Gasteiger partial charge in [0.1, 0.15) is 5.78 Å². The third-order valence-electron chi connectivity index (χ3n) is 2.83. The van der Waals surface area contributed by atoms with Gasteiger partial charge in [0.25, 0.3) is 0 Å². The molecule has 1 fully saturated rings. The van der Waals surface area contributed by atoms with Crippen LogP contribution in [0.25, 0.3) is 0 Å². The minimum Gasteiger partial charge on any atom is -0.299 e. The average molecular weight is 227 g/mol. The molecule has 15 heavy (non-hydrogen) atoms. The number of carbonyl (C=O) groups is 1. The van der Waals surface area contributed by atoms with Gasteiger partial charge in [0.2, 0.25) is 0 Å². The van der Waals surface area contributed by atoms with Gasteiger partial charge in [-0.15, -0.1) is 0 Å². The molecule has 0 saturated heterocycles. The molecule has 0 spiro atoms. The first-order chi connectivity index (χ1) is 7.13. The first-order valence-corrected chi connectivity index (χ1v) is 5.75. The van der Waals surface area contributed by atoms with Gasteiger partial charge in [0.05, 0.1) is 22.8 Å². The van der Waals surface area contributed by atoms with E-state index < -0.39 is 0 Å². The number of rotatable bonds is 4. The predicted molar refractivity (Wildman–Crippen MR) is 59.1 cm³/mol.